The Kier molecular flexibility index (Phi) is 5.50. The molecular weight excluding hydrogens is 262 g/mol. The number of carbonyl (C=O) groups excluding carboxylic acids is 1. The molecule has 0 aliphatic heterocycles. The molecule has 3 N–H and O–H groups in total. The van der Waals surface area contributed by atoms with Crippen LogP contribution < -0.4 is 11.1 Å². The molecule has 0 aliphatic rings. The average Bonchev–Trinajstić information content (AvgIpc) is 2.54. The molecule has 1 aromatic heterocycles. The minimum absolute atomic E-state index is 0.109. The first-order chi connectivity index (χ1) is 10.3. The molecule has 106 valence electrons. The van der Waals surface area contributed by atoms with Crippen molar-refractivity contribution in [1.82, 2.24) is 10.3 Å². The van der Waals surface area contributed by atoms with E-state index in [4.69, 9.17) is 5.73 Å². The van der Waals surface area contributed by atoms with Crippen molar-refractivity contribution < 1.29 is 4.79 Å². The van der Waals surface area contributed by atoms with Gasteiger partial charge in [-0.2, -0.15) is 0 Å². The molecule has 0 saturated carbocycles. The average molecular weight is 279 g/mol. The molecule has 0 saturated heterocycles. The first-order valence-corrected chi connectivity index (χ1v) is 6.76. The zero-order valence-electron chi connectivity index (χ0n) is 11.7. The molecule has 0 aliphatic carbocycles. The number of amides is 1. The number of rotatable bonds is 4. The van der Waals surface area contributed by atoms with Gasteiger partial charge in [0.25, 0.3) is 5.91 Å². The molecule has 4 heteroatoms. The lowest BCUT2D eigenvalue weighted by molar-refractivity contribution is 0.0954. The van der Waals surface area contributed by atoms with E-state index >= 15 is 0 Å². The molecular formula is C17H17N3O. The van der Waals surface area contributed by atoms with Gasteiger partial charge in [0.05, 0.1) is 6.54 Å². The van der Waals surface area contributed by atoms with E-state index in [0.717, 1.165) is 11.3 Å². The molecule has 0 radical (unpaired) electrons. The number of aromatic nitrogens is 1. The van der Waals surface area contributed by atoms with Gasteiger partial charge < -0.3 is 11.1 Å². The largest absolute Gasteiger partial charge is 0.352 e. The van der Waals surface area contributed by atoms with E-state index in [1.807, 2.05) is 30.3 Å². The normalized spacial score (nSPS) is 9.57. The van der Waals surface area contributed by atoms with Crippen molar-refractivity contribution in [2.45, 2.75) is 6.42 Å². The summed E-state index contributed by atoms with van der Waals surface area (Å²) in [5, 5.41) is 2.88. The van der Waals surface area contributed by atoms with Crippen LogP contribution in [-0.4, -0.2) is 24.0 Å². The van der Waals surface area contributed by atoms with Gasteiger partial charge in [0.15, 0.2) is 0 Å². The monoisotopic (exact) mass is 279 g/mol. The maximum Gasteiger partial charge on any atom is 0.251 e. The summed E-state index contributed by atoms with van der Waals surface area (Å²) in [5.41, 5.74) is 7.68. The first-order valence-electron chi connectivity index (χ1n) is 6.76. The second-order valence-electron chi connectivity index (χ2n) is 4.41. The molecule has 1 heterocycles. The third-order valence-electron chi connectivity index (χ3n) is 2.85. The lowest BCUT2D eigenvalue weighted by Gasteiger charge is -2.05. The summed E-state index contributed by atoms with van der Waals surface area (Å²) < 4.78 is 0. The minimum atomic E-state index is -0.109. The fourth-order valence-electron chi connectivity index (χ4n) is 1.84. The van der Waals surface area contributed by atoms with Crippen LogP contribution in [0.5, 0.6) is 0 Å². The molecule has 1 aromatic carbocycles. The molecule has 21 heavy (non-hydrogen) atoms. The fraction of sp³-hybridized carbons (Fsp3) is 0.176. The highest BCUT2D eigenvalue weighted by molar-refractivity contribution is 5.94. The summed E-state index contributed by atoms with van der Waals surface area (Å²) in [5.74, 6) is 5.58. The van der Waals surface area contributed by atoms with Crippen LogP contribution >= 0.6 is 0 Å². The van der Waals surface area contributed by atoms with Crippen LogP contribution in [-0.2, 0) is 6.42 Å². The Morgan fingerprint density at radius 2 is 2.14 bits per heavy atom. The second kappa shape index (κ2) is 7.83. The predicted octanol–water partition coefficient (Wildman–Crippen LogP) is 1.36. The predicted molar refractivity (Wildman–Crippen MR) is 82.6 cm³/mol. The van der Waals surface area contributed by atoms with Crippen molar-refractivity contribution in [2.24, 2.45) is 5.73 Å². The Balaban J connectivity index is 1.91. The molecule has 0 unspecified atom stereocenters. The van der Waals surface area contributed by atoms with Crippen LogP contribution in [0.2, 0.25) is 0 Å². The van der Waals surface area contributed by atoms with E-state index in [1.54, 1.807) is 18.3 Å². The van der Waals surface area contributed by atoms with Crippen LogP contribution in [0.3, 0.4) is 0 Å². The van der Waals surface area contributed by atoms with Crippen LogP contribution in [0.15, 0.2) is 48.7 Å². The number of benzene rings is 1. The number of pyridine rings is 1. The lowest BCUT2D eigenvalue weighted by Crippen LogP contribution is -2.25. The number of nitrogens with two attached hydrogens (primary N) is 1. The van der Waals surface area contributed by atoms with E-state index in [0.29, 0.717) is 25.1 Å². The van der Waals surface area contributed by atoms with Gasteiger partial charge in [-0.25, -0.2) is 0 Å². The van der Waals surface area contributed by atoms with Crippen molar-refractivity contribution >= 4 is 5.91 Å². The van der Waals surface area contributed by atoms with Gasteiger partial charge in [0, 0.05) is 36.0 Å². The molecule has 0 spiro atoms. The molecule has 0 atom stereocenters. The fourth-order valence-corrected chi connectivity index (χ4v) is 1.84. The summed E-state index contributed by atoms with van der Waals surface area (Å²) in [6, 6.07) is 12.9. The van der Waals surface area contributed by atoms with Crippen LogP contribution in [0, 0.1) is 11.8 Å². The van der Waals surface area contributed by atoms with Crippen LogP contribution in [0.4, 0.5) is 0 Å². The Hall–Kier alpha value is -2.64. The minimum Gasteiger partial charge on any atom is -0.352 e. The summed E-state index contributed by atoms with van der Waals surface area (Å²) in [6.07, 6.45) is 2.45. The topological polar surface area (TPSA) is 68.0 Å². The lowest BCUT2D eigenvalue weighted by atomic mass is 10.1. The van der Waals surface area contributed by atoms with Crippen molar-refractivity contribution in [3.8, 4) is 11.8 Å². The first kappa shape index (κ1) is 14.8. The van der Waals surface area contributed by atoms with Crippen molar-refractivity contribution in [1.29, 1.82) is 0 Å². The molecule has 2 aromatic rings. The maximum atomic E-state index is 12.1. The van der Waals surface area contributed by atoms with Crippen molar-refractivity contribution in [3.63, 3.8) is 0 Å². The van der Waals surface area contributed by atoms with Gasteiger partial charge in [-0.1, -0.05) is 24.0 Å². The smallest absolute Gasteiger partial charge is 0.251 e. The standard InChI is InChI=1S/C17H17N3O/c18-10-4-6-14-5-3-7-15(13-14)17(21)20-12-9-16-8-1-2-11-19-16/h1-3,5,7-8,11,13H,9-10,12,18H2,(H,20,21). The molecule has 0 bridgehead atoms. The quantitative estimate of drug-likeness (QED) is 0.830. The van der Waals surface area contributed by atoms with Gasteiger partial charge in [0.2, 0.25) is 0 Å². The number of nitrogens with zero attached hydrogens (tertiary/aromatic N) is 1. The Morgan fingerprint density at radius 1 is 1.24 bits per heavy atom. The van der Waals surface area contributed by atoms with Crippen LogP contribution in [0.1, 0.15) is 21.6 Å². The third kappa shape index (κ3) is 4.75. The number of carbonyl (C=O) groups is 1. The van der Waals surface area contributed by atoms with Crippen molar-refractivity contribution in [3.05, 3.63) is 65.5 Å². The van der Waals surface area contributed by atoms with Crippen molar-refractivity contribution in [2.75, 3.05) is 13.1 Å². The molecule has 2 rings (SSSR count). The third-order valence-corrected chi connectivity index (χ3v) is 2.85. The highest BCUT2D eigenvalue weighted by Crippen LogP contribution is 2.04. The number of nitrogens with one attached hydrogen (secondary N) is 1. The summed E-state index contributed by atoms with van der Waals surface area (Å²) in [7, 11) is 0. The summed E-state index contributed by atoms with van der Waals surface area (Å²) in [6.45, 7) is 0.856. The Morgan fingerprint density at radius 3 is 2.90 bits per heavy atom. The summed E-state index contributed by atoms with van der Waals surface area (Å²) >= 11 is 0. The molecule has 1 amide bonds. The zero-order chi connectivity index (χ0) is 14.9. The van der Waals surface area contributed by atoms with Gasteiger partial charge >= 0.3 is 0 Å². The van der Waals surface area contributed by atoms with E-state index in [9.17, 15) is 4.79 Å². The van der Waals surface area contributed by atoms with Gasteiger partial charge in [0.1, 0.15) is 0 Å². The molecule has 4 nitrogen and oxygen atoms in total. The number of hydrogen-bond donors (Lipinski definition) is 2. The maximum absolute atomic E-state index is 12.1. The number of hydrogen-bond acceptors (Lipinski definition) is 3. The van der Waals surface area contributed by atoms with E-state index in [-0.39, 0.29) is 5.91 Å². The highest BCUT2D eigenvalue weighted by atomic mass is 16.1. The van der Waals surface area contributed by atoms with Gasteiger partial charge in [-0.15, -0.1) is 0 Å². The Labute approximate surface area is 124 Å². The Bertz CT molecular complexity index is 656. The van der Waals surface area contributed by atoms with Gasteiger partial charge in [-0.05, 0) is 30.3 Å². The summed E-state index contributed by atoms with van der Waals surface area (Å²) in [4.78, 5) is 16.3. The van der Waals surface area contributed by atoms with E-state index in [2.05, 4.69) is 22.1 Å². The van der Waals surface area contributed by atoms with E-state index < -0.39 is 0 Å². The van der Waals surface area contributed by atoms with Crippen LogP contribution in [0.25, 0.3) is 0 Å². The van der Waals surface area contributed by atoms with E-state index in [1.165, 1.54) is 0 Å². The molecule has 0 fully saturated rings. The zero-order valence-corrected chi connectivity index (χ0v) is 11.7. The SMILES string of the molecule is NCC#Cc1cccc(C(=O)NCCc2ccccn2)c1. The van der Waals surface area contributed by atoms with Gasteiger partial charge in [-0.3, -0.25) is 9.78 Å². The second-order valence-corrected chi connectivity index (χ2v) is 4.41. The highest BCUT2D eigenvalue weighted by Gasteiger charge is 2.05.